The fraction of sp³-hybridized carbons (Fsp3) is 0. The number of nitrogens with zero attached hydrogens (tertiary/aromatic N) is 1. The van der Waals surface area contributed by atoms with Gasteiger partial charge in [-0.05, 0) is 18.2 Å². The van der Waals surface area contributed by atoms with E-state index in [2.05, 4.69) is 5.32 Å². The number of allylic oxidation sites excluding steroid dienone is 1. The van der Waals surface area contributed by atoms with E-state index in [1.54, 1.807) is 18.2 Å². The van der Waals surface area contributed by atoms with Gasteiger partial charge in [0.1, 0.15) is 5.58 Å². The highest BCUT2D eigenvalue weighted by Crippen LogP contribution is 2.34. The topological polar surface area (TPSA) is 102 Å². The highest BCUT2D eigenvalue weighted by Gasteiger charge is 2.27. The summed E-state index contributed by atoms with van der Waals surface area (Å²) in [4.78, 5) is 35.0. The number of carbonyl (C=O) groups excluding carboxylic acids is 2. The molecule has 2 heterocycles. The summed E-state index contributed by atoms with van der Waals surface area (Å²) in [5, 5.41) is 14.3. The number of non-ortho nitro benzene ring substituents is 1. The molecule has 0 radical (unpaired) electrons. The van der Waals surface area contributed by atoms with Gasteiger partial charge in [-0.1, -0.05) is 18.2 Å². The minimum Gasteiger partial charge on any atom is -0.453 e. The number of amides is 1. The van der Waals surface area contributed by atoms with Crippen molar-refractivity contribution in [1.29, 1.82) is 0 Å². The van der Waals surface area contributed by atoms with E-state index in [0.29, 0.717) is 16.8 Å². The van der Waals surface area contributed by atoms with E-state index in [-0.39, 0.29) is 17.0 Å². The van der Waals surface area contributed by atoms with Gasteiger partial charge in [-0.2, -0.15) is 0 Å². The number of furan rings is 1. The molecule has 7 nitrogen and oxygen atoms in total. The fourth-order valence-electron chi connectivity index (χ4n) is 2.74. The van der Waals surface area contributed by atoms with Gasteiger partial charge in [-0.25, -0.2) is 0 Å². The minimum atomic E-state index is -0.554. The lowest BCUT2D eigenvalue weighted by molar-refractivity contribution is -0.384. The fourth-order valence-corrected chi connectivity index (χ4v) is 2.74. The number of rotatable bonds is 3. The monoisotopic (exact) mass is 334 g/mol. The minimum absolute atomic E-state index is 0.0733. The lowest BCUT2D eigenvalue weighted by Crippen LogP contribution is -2.05. The Labute approximate surface area is 140 Å². The number of benzene rings is 2. The van der Waals surface area contributed by atoms with Crippen LogP contribution in [0.4, 0.5) is 11.4 Å². The number of fused-ring (bicyclic) bond motifs is 2. The normalized spacial score (nSPS) is 14.6. The van der Waals surface area contributed by atoms with Crippen LogP contribution in [0, 0.1) is 10.1 Å². The molecule has 122 valence electrons. The van der Waals surface area contributed by atoms with Crippen LogP contribution in [0.15, 0.2) is 59.0 Å². The quantitative estimate of drug-likeness (QED) is 0.341. The summed E-state index contributed by atoms with van der Waals surface area (Å²) in [6, 6.07) is 12.8. The number of hydrogen-bond donors (Lipinski definition) is 1. The summed E-state index contributed by atoms with van der Waals surface area (Å²) in [5.74, 6) is -0.874. The Morgan fingerprint density at radius 2 is 1.96 bits per heavy atom. The van der Waals surface area contributed by atoms with Crippen molar-refractivity contribution < 1.29 is 18.9 Å². The summed E-state index contributed by atoms with van der Waals surface area (Å²) in [6.45, 7) is 0. The van der Waals surface area contributed by atoms with Crippen LogP contribution in [0.1, 0.15) is 16.1 Å². The van der Waals surface area contributed by atoms with Crippen LogP contribution < -0.4 is 5.32 Å². The zero-order valence-corrected chi connectivity index (χ0v) is 12.7. The van der Waals surface area contributed by atoms with Gasteiger partial charge in [0.05, 0.1) is 10.5 Å². The number of carbonyl (C=O) groups is 2. The van der Waals surface area contributed by atoms with Gasteiger partial charge < -0.3 is 9.73 Å². The third-order valence-corrected chi connectivity index (χ3v) is 3.94. The number of ketones is 1. The predicted molar refractivity (Wildman–Crippen MR) is 90.2 cm³/mol. The van der Waals surface area contributed by atoms with Crippen LogP contribution in [-0.4, -0.2) is 16.6 Å². The maximum Gasteiger partial charge on any atom is 0.270 e. The Hall–Kier alpha value is -3.74. The van der Waals surface area contributed by atoms with Gasteiger partial charge in [0.15, 0.2) is 5.76 Å². The van der Waals surface area contributed by atoms with Gasteiger partial charge in [0.25, 0.3) is 11.6 Å². The lowest BCUT2D eigenvalue weighted by Gasteiger charge is -1.98. The molecule has 1 N–H and O–H groups in total. The summed E-state index contributed by atoms with van der Waals surface area (Å²) in [6.07, 6.45) is 1.14. The van der Waals surface area contributed by atoms with Gasteiger partial charge in [-0.15, -0.1) is 0 Å². The molecule has 0 saturated heterocycles. The highest BCUT2D eigenvalue weighted by molar-refractivity contribution is 6.35. The molecular weight excluding hydrogens is 324 g/mol. The molecule has 0 aliphatic carbocycles. The molecule has 2 aromatic carbocycles. The van der Waals surface area contributed by atoms with Crippen LogP contribution in [0.2, 0.25) is 0 Å². The SMILES string of the molecule is O=C1Nc2ccc([N+](=O)[O-])cc2/C1=C/C(=O)c1cc2ccccc2o1. The van der Waals surface area contributed by atoms with Crippen LogP contribution in [0.25, 0.3) is 16.5 Å². The summed E-state index contributed by atoms with van der Waals surface area (Å²) in [5.41, 5.74) is 1.24. The van der Waals surface area contributed by atoms with Gasteiger partial charge >= 0.3 is 0 Å². The first-order valence-corrected chi connectivity index (χ1v) is 7.38. The average molecular weight is 334 g/mol. The van der Waals surface area contributed by atoms with Gasteiger partial charge in [0.2, 0.25) is 5.78 Å². The van der Waals surface area contributed by atoms with Crippen LogP contribution in [-0.2, 0) is 4.79 Å². The molecule has 3 aromatic rings. The molecule has 1 amide bonds. The second kappa shape index (κ2) is 5.41. The van der Waals surface area contributed by atoms with Crippen LogP contribution in [0.3, 0.4) is 0 Å². The molecule has 7 heteroatoms. The Balaban J connectivity index is 1.76. The molecule has 0 bridgehead atoms. The zero-order chi connectivity index (χ0) is 17.6. The Kier molecular flexibility index (Phi) is 3.21. The number of hydrogen-bond acceptors (Lipinski definition) is 5. The number of anilines is 1. The van der Waals surface area contributed by atoms with Crippen molar-refractivity contribution in [2.24, 2.45) is 0 Å². The second-order valence-corrected chi connectivity index (χ2v) is 5.51. The lowest BCUT2D eigenvalue weighted by atomic mass is 10.0. The molecular formula is C18H10N2O5. The molecule has 0 fully saturated rings. The largest absolute Gasteiger partial charge is 0.453 e. The van der Waals surface area contributed by atoms with E-state index in [1.165, 1.54) is 18.2 Å². The van der Waals surface area contributed by atoms with Crippen molar-refractivity contribution in [2.75, 3.05) is 5.32 Å². The number of nitro benzene ring substituents is 1. The number of para-hydroxylation sites is 1. The third kappa shape index (κ3) is 2.47. The van der Waals surface area contributed by atoms with Crippen LogP contribution in [0.5, 0.6) is 0 Å². The highest BCUT2D eigenvalue weighted by atomic mass is 16.6. The molecule has 25 heavy (non-hydrogen) atoms. The standard InChI is InChI=1S/C18H10N2O5/c21-15(17-7-10-3-1-2-4-16(10)25-17)9-13-12-8-11(20(23)24)5-6-14(12)19-18(13)22/h1-9H,(H,19,22)/b13-9-. The van der Waals surface area contributed by atoms with E-state index < -0.39 is 16.6 Å². The van der Waals surface area contributed by atoms with Crippen molar-refractivity contribution in [3.8, 4) is 0 Å². The smallest absolute Gasteiger partial charge is 0.270 e. The Morgan fingerprint density at radius 3 is 2.72 bits per heavy atom. The van der Waals surface area contributed by atoms with E-state index in [0.717, 1.165) is 11.5 Å². The van der Waals surface area contributed by atoms with Crippen molar-refractivity contribution in [2.45, 2.75) is 0 Å². The Bertz CT molecular complexity index is 1060. The summed E-state index contributed by atoms with van der Waals surface area (Å²) >= 11 is 0. The van der Waals surface area contributed by atoms with E-state index in [4.69, 9.17) is 4.42 Å². The molecule has 0 atom stereocenters. The summed E-state index contributed by atoms with van der Waals surface area (Å²) in [7, 11) is 0. The first-order chi connectivity index (χ1) is 12.0. The maximum atomic E-state index is 12.5. The number of nitro groups is 1. The molecule has 0 unspecified atom stereocenters. The molecule has 0 saturated carbocycles. The first kappa shape index (κ1) is 14.8. The summed E-state index contributed by atoms with van der Waals surface area (Å²) < 4.78 is 5.49. The molecule has 1 aliphatic rings. The molecule has 0 spiro atoms. The Morgan fingerprint density at radius 1 is 1.16 bits per heavy atom. The van der Waals surface area contributed by atoms with E-state index in [9.17, 15) is 19.7 Å². The van der Waals surface area contributed by atoms with Crippen LogP contribution >= 0.6 is 0 Å². The second-order valence-electron chi connectivity index (χ2n) is 5.51. The van der Waals surface area contributed by atoms with E-state index >= 15 is 0 Å². The number of nitrogens with one attached hydrogen (secondary N) is 1. The van der Waals surface area contributed by atoms with Gasteiger partial charge in [-0.3, -0.25) is 19.7 Å². The first-order valence-electron chi connectivity index (χ1n) is 7.38. The van der Waals surface area contributed by atoms with E-state index in [1.807, 2.05) is 12.1 Å². The predicted octanol–water partition coefficient (Wildman–Crippen LogP) is 3.56. The average Bonchev–Trinajstić information content (AvgIpc) is 3.16. The molecule has 1 aliphatic heterocycles. The zero-order valence-electron chi connectivity index (χ0n) is 12.7. The van der Waals surface area contributed by atoms with Crippen molar-refractivity contribution in [3.05, 3.63) is 76.0 Å². The third-order valence-electron chi connectivity index (χ3n) is 3.94. The molecule has 1 aromatic heterocycles. The maximum absolute atomic E-state index is 12.5. The molecule has 4 rings (SSSR count). The van der Waals surface area contributed by atoms with Gasteiger partial charge in [0, 0.05) is 34.8 Å². The van der Waals surface area contributed by atoms with Crippen molar-refractivity contribution >= 4 is 39.6 Å². The van der Waals surface area contributed by atoms with Crippen molar-refractivity contribution in [1.82, 2.24) is 0 Å². The van der Waals surface area contributed by atoms with Crippen molar-refractivity contribution in [3.63, 3.8) is 0 Å².